The number of primary amides is 1. The average molecular weight is 321 g/mol. The molecule has 3 aromatic heterocycles. The number of aromatic nitrogens is 4. The first-order chi connectivity index (χ1) is 10.5. The standard InChI is InChI=1S/C13H15N5O3S/c1-2-3-5-16-11(20)10-8(4-6-22-10)18-12(16)15-17(13(18)21)7-9(14)19/h4,6H,2-3,5,7H2,1H3,(H2,14,19). The summed E-state index contributed by atoms with van der Waals surface area (Å²) in [5.74, 6) is -0.412. The number of fused-ring (bicyclic) bond motifs is 3. The van der Waals surface area contributed by atoms with E-state index in [-0.39, 0.29) is 17.9 Å². The smallest absolute Gasteiger partial charge is 0.352 e. The van der Waals surface area contributed by atoms with E-state index in [1.165, 1.54) is 20.3 Å². The van der Waals surface area contributed by atoms with Crippen molar-refractivity contribution >= 4 is 33.2 Å². The Balaban J connectivity index is 2.40. The summed E-state index contributed by atoms with van der Waals surface area (Å²) in [6.45, 7) is 2.18. The maximum absolute atomic E-state index is 12.6. The van der Waals surface area contributed by atoms with E-state index in [4.69, 9.17) is 5.73 Å². The lowest BCUT2D eigenvalue weighted by Crippen LogP contribution is -2.29. The molecule has 0 spiro atoms. The monoisotopic (exact) mass is 321 g/mol. The topological polar surface area (TPSA) is 104 Å². The average Bonchev–Trinajstić information content (AvgIpc) is 3.05. The molecule has 22 heavy (non-hydrogen) atoms. The third-order valence-electron chi connectivity index (χ3n) is 3.43. The van der Waals surface area contributed by atoms with Crippen molar-refractivity contribution < 1.29 is 4.79 Å². The van der Waals surface area contributed by atoms with Crippen LogP contribution in [0.3, 0.4) is 0 Å². The summed E-state index contributed by atoms with van der Waals surface area (Å²) in [4.78, 5) is 36.1. The lowest BCUT2D eigenvalue weighted by atomic mass is 10.3. The van der Waals surface area contributed by atoms with Crippen LogP contribution in [0.25, 0.3) is 16.0 Å². The predicted octanol–water partition coefficient (Wildman–Crippen LogP) is 0.158. The van der Waals surface area contributed by atoms with Crippen LogP contribution in [-0.4, -0.2) is 24.7 Å². The Morgan fingerprint density at radius 3 is 2.86 bits per heavy atom. The third-order valence-corrected chi connectivity index (χ3v) is 4.32. The Hall–Kier alpha value is -2.42. The van der Waals surface area contributed by atoms with Crippen molar-refractivity contribution in [3.63, 3.8) is 0 Å². The van der Waals surface area contributed by atoms with Gasteiger partial charge in [-0.2, -0.15) is 0 Å². The van der Waals surface area contributed by atoms with E-state index in [0.717, 1.165) is 17.5 Å². The summed E-state index contributed by atoms with van der Waals surface area (Å²) < 4.78 is 4.35. The van der Waals surface area contributed by atoms with Gasteiger partial charge in [-0.3, -0.25) is 14.2 Å². The van der Waals surface area contributed by atoms with Gasteiger partial charge in [-0.1, -0.05) is 13.3 Å². The minimum Gasteiger partial charge on any atom is -0.368 e. The summed E-state index contributed by atoms with van der Waals surface area (Å²) in [6, 6.07) is 1.70. The van der Waals surface area contributed by atoms with E-state index in [2.05, 4.69) is 5.10 Å². The Morgan fingerprint density at radius 2 is 2.18 bits per heavy atom. The van der Waals surface area contributed by atoms with Gasteiger partial charge in [-0.25, -0.2) is 13.9 Å². The summed E-state index contributed by atoms with van der Waals surface area (Å²) in [6.07, 6.45) is 1.70. The van der Waals surface area contributed by atoms with Gasteiger partial charge in [-0.05, 0) is 17.9 Å². The van der Waals surface area contributed by atoms with Crippen LogP contribution in [0.4, 0.5) is 0 Å². The fourth-order valence-corrected chi connectivity index (χ4v) is 3.23. The number of thiophene rings is 1. The Labute approximate surface area is 128 Å². The van der Waals surface area contributed by atoms with E-state index < -0.39 is 11.6 Å². The lowest BCUT2D eigenvalue weighted by Gasteiger charge is -2.06. The van der Waals surface area contributed by atoms with Gasteiger partial charge < -0.3 is 5.73 Å². The molecule has 0 aliphatic heterocycles. The molecule has 1 amide bonds. The number of hydrogen-bond acceptors (Lipinski definition) is 5. The Bertz CT molecular complexity index is 977. The van der Waals surface area contributed by atoms with Crippen molar-refractivity contribution in [2.75, 3.05) is 0 Å². The van der Waals surface area contributed by atoms with Gasteiger partial charge in [0.1, 0.15) is 11.2 Å². The molecule has 0 radical (unpaired) electrons. The zero-order chi connectivity index (χ0) is 15.9. The molecule has 0 bridgehead atoms. The maximum atomic E-state index is 12.6. The molecule has 116 valence electrons. The molecule has 3 rings (SSSR count). The number of carbonyl (C=O) groups excluding carboxylic acids is 1. The number of unbranched alkanes of at least 4 members (excludes halogenated alkanes) is 1. The Kier molecular flexibility index (Phi) is 3.57. The molecule has 0 saturated carbocycles. The first-order valence-corrected chi connectivity index (χ1v) is 7.80. The highest BCUT2D eigenvalue weighted by atomic mass is 32.1. The minimum absolute atomic E-state index is 0.165. The van der Waals surface area contributed by atoms with Gasteiger partial charge in [0.2, 0.25) is 11.7 Å². The van der Waals surface area contributed by atoms with Crippen LogP contribution in [0, 0.1) is 0 Å². The molecular weight excluding hydrogens is 306 g/mol. The SMILES string of the molecule is CCCCn1c(=O)c2sccc2n2c(=O)n(CC(N)=O)nc12. The number of aryl methyl sites for hydroxylation is 1. The van der Waals surface area contributed by atoms with E-state index in [9.17, 15) is 14.4 Å². The van der Waals surface area contributed by atoms with E-state index >= 15 is 0 Å². The second-order valence-corrected chi connectivity index (χ2v) is 5.90. The summed E-state index contributed by atoms with van der Waals surface area (Å²) in [5.41, 5.74) is 5.02. The largest absolute Gasteiger partial charge is 0.368 e. The first-order valence-electron chi connectivity index (χ1n) is 6.92. The zero-order valence-corrected chi connectivity index (χ0v) is 12.8. The highest BCUT2D eigenvalue weighted by molar-refractivity contribution is 7.17. The maximum Gasteiger partial charge on any atom is 0.352 e. The van der Waals surface area contributed by atoms with Crippen molar-refractivity contribution in [3.05, 3.63) is 32.3 Å². The quantitative estimate of drug-likeness (QED) is 0.722. The van der Waals surface area contributed by atoms with Gasteiger partial charge in [0.25, 0.3) is 5.56 Å². The van der Waals surface area contributed by atoms with Crippen LogP contribution in [0.5, 0.6) is 0 Å². The van der Waals surface area contributed by atoms with Gasteiger partial charge in [0, 0.05) is 6.54 Å². The predicted molar refractivity (Wildman–Crippen MR) is 83.2 cm³/mol. The van der Waals surface area contributed by atoms with Crippen molar-refractivity contribution in [3.8, 4) is 0 Å². The molecule has 8 nitrogen and oxygen atoms in total. The number of nitrogens with zero attached hydrogens (tertiary/aromatic N) is 4. The lowest BCUT2D eigenvalue weighted by molar-refractivity contribution is -0.118. The van der Waals surface area contributed by atoms with Crippen LogP contribution in [-0.2, 0) is 17.9 Å². The number of rotatable bonds is 5. The van der Waals surface area contributed by atoms with Crippen LogP contribution in [0.2, 0.25) is 0 Å². The molecule has 0 aromatic carbocycles. The summed E-state index contributed by atoms with van der Waals surface area (Å²) in [7, 11) is 0. The summed E-state index contributed by atoms with van der Waals surface area (Å²) >= 11 is 1.29. The number of carbonyl (C=O) groups is 1. The molecular formula is C13H15N5O3S. The summed E-state index contributed by atoms with van der Waals surface area (Å²) in [5, 5.41) is 5.89. The molecule has 9 heteroatoms. The van der Waals surface area contributed by atoms with E-state index in [1.54, 1.807) is 11.4 Å². The fourth-order valence-electron chi connectivity index (χ4n) is 2.40. The second kappa shape index (κ2) is 5.41. The molecule has 3 heterocycles. The van der Waals surface area contributed by atoms with Gasteiger partial charge in [0.05, 0.1) is 5.52 Å². The van der Waals surface area contributed by atoms with E-state index in [1.807, 2.05) is 6.92 Å². The number of hydrogen-bond donors (Lipinski definition) is 1. The Morgan fingerprint density at radius 1 is 1.41 bits per heavy atom. The van der Waals surface area contributed by atoms with Crippen LogP contribution >= 0.6 is 11.3 Å². The molecule has 3 aromatic rings. The third kappa shape index (κ3) is 2.13. The van der Waals surface area contributed by atoms with Crippen LogP contribution in [0.1, 0.15) is 19.8 Å². The van der Waals surface area contributed by atoms with Gasteiger partial charge >= 0.3 is 5.69 Å². The molecule has 0 saturated heterocycles. The van der Waals surface area contributed by atoms with Gasteiger partial charge in [0.15, 0.2) is 0 Å². The highest BCUT2D eigenvalue weighted by Crippen LogP contribution is 2.17. The molecule has 0 unspecified atom stereocenters. The molecule has 0 fully saturated rings. The van der Waals surface area contributed by atoms with Crippen molar-refractivity contribution in [2.45, 2.75) is 32.9 Å². The van der Waals surface area contributed by atoms with Crippen LogP contribution < -0.4 is 17.0 Å². The van der Waals surface area contributed by atoms with Crippen molar-refractivity contribution in [2.24, 2.45) is 5.73 Å². The molecule has 0 aliphatic carbocycles. The second-order valence-electron chi connectivity index (χ2n) is 4.99. The number of nitrogens with two attached hydrogens (primary N) is 1. The zero-order valence-electron chi connectivity index (χ0n) is 12.0. The van der Waals surface area contributed by atoms with Crippen molar-refractivity contribution in [1.82, 2.24) is 18.7 Å². The fraction of sp³-hybridized carbons (Fsp3) is 0.385. The highest BCUT2D eigenvalue weighted by Gasteiger charge is 2.18. The normalized spacial score (nSPS) is 11.5. The molecule has 0 aliphatic rings. The number of amides is 1. The first kappa shape index (κ1) is 14.5. The van der Waals surface area contributed by atoms with Crippen LogP contribution in [0.15, 0.2) is 21.0 Å². The molecule has 0 atom stereocenters. The molecule has 2 N–H and O–H groups in total. The van der Waals surface area contributed by atoms with Crippen molar-refractivity contribution in [1.29, 1.82) is 0 Å². The minimum atomic E-state index is -0.658. The van der Waals surface area contributed by atoms with E-state index in [0.29, 0.717) is 16.8 Å². The van der Waals surface area contributed by atoms with Gasteiger partial charge in [-0.15, -0.1) is 16.4 Å².